The number of nitrogens with zero attached hydrogens (tertiary/aromatic N) is 2. The van der Waals surface area contributed by atoms with Gasteiger partial charge in [-0.1, -0.05) is 18.2 Å². The molecule has 2 aromatic heterocycles. The van der Waals surface area contributed by atoms with Crippen molar-refractivity contribution in [3.05, 3.63) is 59.9 Å². The maximum Gasteiger partial charge on any atom is 0.245 e. The van der Waals surface area contributed by atoms with Crippen molar-refractivity contribution in [1.82, 2.24) is 9.97 Å². The van der Waals surface area contributed by atoms with Crippen molar-refractivity contribution in [2.24, 2.45) is 5.41 Å². The number of Topliss-reactive ketones (excluding diaryl/α,β-unsaturated/α-hetero) is 1. The zero-order valence-electron chi connectivity index (χ0n) is 17.5. The Morgan fingerprint density at radius 3 is 2.71 bits per heavy atom. The maximum absolute atomic E-state index is 12.7. The third kappa shape index (κ3) is 4.05. The summed E-state index contributed by atoms with van der Waals surface area (Å²) < 4.78 is 0. The number of ketones is 1. The minimum atomic E-state index is -1.17. The van der Waals surface area contributed by atoms with Crippen LogP contribution in [0.1, 0.15) is 42.7 Å². The van der Waals surface area contributed by atoms with Crippen LogP contribution in [0.4, 0.5) is 17.2 Å². The Kier molecular flexibility index (Phi) is 5.30. The molecule has 0 bridgehead atoms. The smallest absolute Gasteiger partial charge is 0.245 e. The standard InChI is InChI=1S/C24H23N5O2/c1-24(2,14-25)23(31)29-19-13-15(11-12-26-19)21-22(27-16-7-4-3-5-8-16)20-17(28-21)9-6-10-18(20)30/h3-5,7-8,11-13,27-28H,6,9-10H2,1-2H3,(H,26,29,31). The van der Waals surface area contributed by atoms with E-state index in [4.69, 9.17) is 0 Å². The molecule has 7 nitrogen and oxygen atoms in total. The molecule has 0 saturated carbocycles. The van der Waals surface area contributed by atoms with Gasteiger partial charge in [0.05, 0.1) is 23.0 Å². The minimum absolute atomic E-state index is 0.112. The van der Waals surface area contributed by atoms with Gasteiger partial charge in [0.15, 0.2) is 5.78 Å². The fraction of sp³-hybridized carbons (Fsp3) is 0.250. The van der Waals surface area contributed by atoms with E-state index in [1.165, 1.54) is 0 Å². The third-order valence-corrected chi connectivity index (χ3v) is 5.37. The molecule has 1 aliphatic carbocycles. The van der Waals surface area contributed by atoms with E-state index in [-0.39, 0.29) is 5.78 Å². The highest BCUT2D eigenvalue weighted by Crippen LogP contribution is 2.39. The molecule has 156 valence electrons. The lowest BCUT2D eigenvalue weighted by atomic mass is 9.94. The molecule has 3 aromatic rings. The number of benzene rings is 1. The van der Waals surface area contributed by atoms with Crippen molar-refractivity contribution >= 4 is 28.9 Å². The summed E-state index contributed by atoms with van der Waals surface area (Å²) in [6.07, 6.45) is 3.74. The van der Waals surface area contributed by atoms with Gasteiger partial charge in [0, 0.05) is 29.6 Å². The predicted octanol–water partition coefficient (Wildman–Crippen LogP) is 4.83. The van der Waals surface area contributed by atoms with Gasteiger partial charge in [0.1, 0.15) is 11.2 Å². The summed E-state index contributed by atoms with van der Waals surface area (Å²) in [7, 11) is 0. The van der Waals surface area contributed by atoms with Crippen molar-refractivity contribution in [2.45, 2.75) is 33.1 Å². The molecule has 4 rings (SSSR count). The van der Waals surface area contributed by atoms with Gasteiger partial charge in [-0.15, -0.1) is 0 Å². The van der Waals surface area contributed by atoms with Gasteiger partial charge >= 0.3 is 0 Å². The largest absolute Gasteiger partial charge is 0.356 e. The molecule has 31 heavy (non-hydrogen) atoms. The predicted molar refractivity (Wildman–Crippen MR) is 119 cm³/mol. The second kappa shape index (κ2) is 8.07. The van der Waals surface area contributed by atoms with Crippen molar-refractivity contribution in [3.63, 3.8) is 0 Å². The van der Waals surface area contributed by atoms with Gasteiger partial charge in [-0.25, -0.2) is 4.98 Å². The number of pyridine rings is 1. The summed E-state index contributed by atoms with van der Waals surface area (Å²) in [5.74, 6) is 0.0270. The Morgan fingerprint density at radius 1 is 1.19 bits per heavy atom. The first kappa shape index (κ1) is 20.4. The summed E-state index contributed by atoms with van der Waals surface area (Å²) in [6, 6.07) is 15.2. The van der Waals surface area contributed by atoms with Gasteiger partial charge in [-0.2, -0.15) is 5.26 Å². The number of nitriles is 1. The topological polar surface area (TPSA) is 111 Å². The Labute approximate surface area is 180 Å². The van der Waals surface area contributed by atoms with E-state index in [9.17, 15) is 14.9 Å². The molecule has 0 atom stereocenters. The summed E-state index contributed by atoms with van der Waals surface area (Å²) >= 11 is 0. The van der Waals surface area contributed by atoms with Gasteiger partial charge in [-0.3, -0.25) is 9.59 Å². The number of carbonyl (C=O) groups is 2. The van der Waals surface area contributed by atoms with Crippen molar-refractivity contribution in [2.75, 3.05) is 10.6 Å². The van der Waals surface area contributed by atoms with Gasteiger partial charge < -0.3 is 15.6 Å². The second-order valence-corrected chi connectivity index (χ2v) is 8.12. The number of amides is 1. The number of para-hydroxylation sites is 1. The van der Waals surface area contributed by atoms with Crippen LogP contribution in [0.15, 0.2) is 48.7 Å². The van der Waals surface area contributed by atoms with E-state index in [0.29, 0.717) is 17.8 Å². The number of aryl methyl sites for hydroxylation is 1. The molecule has 1 amide bonds. The van der Waals surface area contributed by atoms with E-state index >= 15 is 0 Å². The monoisotopic (exact) mass is 413 g/mol. The number of hydrogen-bond acceptors (Lipinski definition) is 5. The number of aromatic nitrogens is 2. The number of fused-ring (bicyclic) bond motifs is 1. The highest BCUT2D eigenvalue weighted by Gasteiger charge is 2.29. The maximum atomic E-state index is 12.7. The average molecular weight is 413 g/mol. The Bertz CT molecular complexity index is 1190. The van der Waals surface area contributed by atoms with E-state index in [2.05, 4.69) is 20.6 Å². The molecule has 1 aliphatic rings. The molecular weight excluding hydrogens is 390 g/mol. The minimum Gasteiger partial charge on any atom is -0.356 e. The van der Waals surface area contributed by atoms with E-state index in [0.717, 1.165) is 41.2 Å². The first-order chi connectivity index (χ1) is 14.9. The molecule has 2 heterocycles. The molecule has 0 saturated heterocycles. The Hall–Kier alpha value is -3.92. The van der Waals surface area contributed by atoms with Gasteiger partial charge in [-0.05, 0) is 51.0 Å². The van der Waals surface area contributed by atoms with Crippen LogP contribution in [0.25, 0.3) is 11.3 Å². The first-order valence-corrected chi connectivity index (χ1v) is 10.2. The summed E-state index contributed by atoms with van der Waals surface area (Å²) in [6.45, 7) is 3.11. The second-order valence-electron chi connectivity index (χ2n) is 8.12. The highest BCUT2D eigenvalue weighted by atomic mass is 16.2. The zero-order chi connectivity index (χ0) is 22.0. The fourth-order valence-corrected chi connectivity index (χ4v) is 3.58. The van der Waals surface area contributed by atoms with Crippen LogP contribution in [-0.4, -0.2) is 21.7 Å². The van der Waals surface area contributed by atoms with Crippen molar-refractivity contribution in [3.8, 4) is 17.3 Å². The molecule has 3 N–H and O–H groups in total. The van der Waals surface area contributed by atoms with E-state index in [1.54, 1.807) is 26.1 Å². The Balaban J connectivity index is 1.75. The fourth-order valence-electron chi connectivity index (χ4n) is 3.58. The average Bonchev–Trinajstić information content (AvgIpc) is 3.14. The van der Waals surface area contributed by atoms with Crippen LogP contribution in [0.2, 0.25) is 0 Å². The number of rotatable bonds is 5. The molecule has 0 radical (unpaired) electrons. The first-order valence-electron chi connectivity index (χ1n) is 10.2. The zero-order valence-corrected chi connectivity index (χ0v) is 17.5. The lowest BCUT2D eigenvalue weighted by molar-refractivity contribution is -0.121. The van der Waals surface area contributed by atoms with Crippen LogP contribution in [0, 0.1) is 16.7 Å². The van der Waals surface area contributed by atoms with Crippen LogP contribution < -0.4 is 10.6 Å². The molecule has 0 aliphatic heterocycles. The Morgan fingerprint density at radius 2 is 1.97 bits per heavy atom. The number of nitrogens with one attached hydrogen (secondary N) is 3. The molecule has 7 heteroatoms. The van der Waals surface area contributed by atoms with Gasteiger partial charge in [0.2, 0.25) is 5.91 Å². The summed E-state index contributed by atoms with van der Waals surface area (Å²) in [5, 5.41) is 15.3. The highest BCUT2D eigenvalue weighted by molar-refractivity contribution is 6.07. The van der Waals surface area contributed by atoms with Crippen LogP contribution in [0.5, 0.6) is 0 Å². The molecule has 0 unspecified atom stereocenters. The normalized spacial score (nSPS) is 13.3. The number of carbonyl (C=O) groups excluding carboxylic acids is 2. The molecule has 0 fully saturated rings. The SMILES string of the molecule is CC(C)(C#N)C(=O)Nc1cc(-c2[nH]c3c(c2Nc2ccccc2)C(=O)CCC3)ccn1. The van der Waals surface area contributed by atoms with Crippen LogP contribution >= 0.6 is 0 Å². The number of aromatic amines is 1. The molecule has 1 aromatic carbocycles. The van der Waals surface area contributed by atoms with Crippen LogP contribution in [0.3, 0.4) is 0 Å². The van der Waals surface area contributed by atoms with Crippen molar-refractivity contribution in [1.29, 1.82) is 5.26 Å². The lowest BCUT2D eigenvalue weighted by Crippen LogP contribution is -2.29. The summed E-state index contributed by atoms with van der Waals surface area (Å²) in [5.41, 5.74) is 3.59. The number of hydrogen-bond donors (Lipinski definition) is 3. The van der Waals surface area contributed by atoms with E-state index < -0.39 is 11.3 Å². The molecular formula is C24H23N5O2. The summed E-state index contributed by atoms with van der Waals surface area (Å²) in [4.78, 5) is 32.8. The van der Waals surface area contributed by atoms with Crippen LogP contribution in [-0.2, 0) is 11.2 Å². The van der Waals surface area contributed by atoms with Gasteiger partial charge in [0.25, 0.3) is 0 Å². The molecule has 0 spiro atoms. The number of anilines is 3. The number of H-pyrrole nitrogens is 1. The van der Waals surface area contributed by atoms with Crippen molar-refractivity contribution < 1.29 is 9.59 Å². The quantitative estimate of drug-likeness (QED) is 0.555. The third-order valence-electron chi connectivity index (χ3n) is 5.37. The lowest BCUT2D eigenvalue weighted by Gasteiger charge is -2.15. The van der Waals surface area contributed by atoms with E-state index in [1.807, 2.05) is 42.5 Å².